The monoisotopic (exact) mass is 491 g/mol. The van der Waals surface area contributed by atoms with Gasteiger partial charge in [0.15, 0.2) is 10.9 Å². The minimum absolute atomic E-state index is 0. The smallest absolute Gasteiger partial charge is 0.239 e. The lowest BCUT2D eigenvalue weighted by Crippen LogP contribution is -2.42. The first kappa shape index (κ1) is 22.2. The average molecular weight is 493 g/mol. The molecule has 0 amide bonds. The van der Waals surface area contributed by atoms with E-state index < -0.39 is 15.7 Å². The normalized spacial score (nSPS) is 21.3. The molecule has 27 heavy (non-hydrogen) atoms. The molecule has 1 aliphatic rings. The van der Waals surface area contributed by atoms with E-state index in [0.29, 0.717) is 23.0 Å². The molecule has 2 aromatic carbocycles. The van der Waals surface area contributed by atoms with E-state index in [1.54, 1.807) is 18.0 Å². The zero-order chi connectivity index (χ0) is 18.9. The van der Waals surface area contributed by atoms with Gasteiger partial charge < -0.3 is 10.0 Å². The van der Waals surface area contributed by atoms with Crippen molar-refractivity contribution in [1.29, 1.82) is 0 Å². The fourth-order valence-electron chi connectivity index (χ4n) is 2.66. The largest absolute Gasteiger partial charge is 0.366 e. The van der Waals surface area contributed by atoms with Crippen LogP contribution in [-0.4, -0.2) is 36.4 Å². The number of hydrogen-bond donors (Lipinski definition) is 2. The third-order valence-electron chi connectivity index (χ3n) is 4.18. The van der Waals surface area contributed by atoms with Crippen molar-refractivity contribution in [3.8, 4) is 0 Å². The van der Waals surface area contributed by atoms with Gasteiger partial charge in [-0.2, -0.15) is 0 Å². The first-order valence-electron chi connectivity index (χ1n) is 7.72. The Hall–Kier alpha value is -1.10. The molecule has 1 aliphatic heterocycles. The Morgan fingerprint density at radius 2 is 1.96 bits per heavy atom. The maximum atomic E-state index is 11.7. The highest BCUT2D eigenvalue weighted by molar-refractivity contribution is 8.93. The van der Waals surface area contributed by atoms with Crippen molar-refractivity contribution >= 4 is 55.5 Å². The minimum Gasteiger partial charge on any atom is -0.366 e. The van der Waals surface area contributed by atoms with Crippen LogP contribution in [0, 0.1) is 0 Å². The lowest BCUT2D eigenvalue weighted by Gasteiger charge is -2.31. The molecule has 10 heteroatoms. The van der Waals surface area contributed by atoms with E-state index in [1.807, 2.05) is 30.3 Å². The van der Waals surface area contributed by atoms with Crippen LogP contribution in [0.2, 0.25) is 5.02 Å². The van der Waals surface area contributed by atoms with Crippen molar-refractivity contribution in [2.24, 2.45) is 10.1 Å². The molecule has 0 spiro atoms. The number of nitrogens with two attached hydrogens (primary N) is 1. The molecule has 1 heterocycles. The zero-order valence-corrected chi connectivity index (χ0v) is 18.5. The van der Waals surface area contributed by atoms with E-state index in [-0.39, 0.29) is 26.9 Å². The number of benzene rings is 2. The van der Waals surface area contributed by atoms with Gasteiger partial charge in [-0.25, -0.2) is 13.6 Å². The molecular formula is C17H19BrClN3O3S2. The van der Waals surface area contributed by atoms with Crippen molar-refractivity contribution < 1.29 is 13.5 Å². The molecule has 3 N–H and O–H groups in total. The molecule has 0 radical (unpaired) electrons. The van der Waals surface area contributed by atoms with Crippen molar-refractivity contribution in [2.75, 3.05) is 12.8 Å². The number of aliphatic imine (C=N–C) groups is 1. The Morgan fingerprint density at radius 1 is 1.30 bits per heavy atom. The molecule has 146 valence electrons. The number of hydrogen-bond acceptors (Lipinski definition) is 5. The number of halogens is 2. The Labute approximate surface area is 178 Å². The number of amidine groups is 1. The first-order chi connectivity index (χ1) is 12.2. The molecule has 0 aliphatic carbocycles. The van der Waals surface area contributed by atoms with E-state index in [4.69, 9.17) is 16.7 Å². The summed E-state index contributed by atoms with van der Waals surface area (Å²) >= 11 is 7.33. The Balaban J connectivity index is 0.00000261. The summed E-state index contributed by atoms with van der Waals surface area (Å²) in [6.07, 6.45) is 0. The fraction of sp³-hybridized carbons (Fsp3) is 0.235. The second kappa shape index (κ2) is 8.50. The molecule has 2 aromatic rings. The van der Waals surface area contributed by atoms with Crippen molar-refractivity contribution in [3.63, 3.8) is 0 Å². The third kappa shape index (κ3) is 4.67. The highest BCUT2D eigenvalue weighted by Gasteiger charge is 2.43. The quantitative estimate of drug-likeness (QED) is 0.684. The van der Waals surface area contributed by atoms with E-state index >= 15 is 0 Å². The number of primary sulfonamides is 1. The van der Waals surface area contributed by atoms with Crippen LogP contribution in [0.4, 0.5) is 0 Å². The molecule has 0 bridgehead atoms. The summed E-state index contributed by atoms with van der Waals surface area (Å²) in [5.41, 5.74) is 0.0581. The fourth-order valence-corrected chi connectivity index (χ4v) is 4.92. The predicted octanol–water partition coefficient (Wildman–Crippen LogP) is 2.95. The molecule has 1 atom stereocenters. The molecule has 3 rings (SSSR count). The summed E-state index contributed by atoms with van der Waals surface area (Å²) in [4.78, 5) is 5.99. The van der Waals surface area contributed by atoms with Gasteiger partial charge in [0, 0.05) is 12.6 Å². The SMILES string of the molecule is Br.CN1C(=NCc2ccccc2)SCC1(O)c1ccc(Cl)c(S(N)(=O)=O)c1. The van der Waals surface area contributed by atoms with Gasteiger partial charge >= 0.3 is 0 Å². The second-order valence-electron chi connectivity index (χ2n) is 5.94. The van der Waals surface area contributed by atoms with Gasteiger partial charge in [-0.05, 0) is 17.7 Å². The summed E-state index contributed by atoms with van der Waals surface area (Å²) in [6.45, 7) is 0.493. The van der Waals surface area contributed by atoms with Crippen LogP contribution in [0.25, 0.3) is 0 Å². The van der Waals surface area contributed by atoms with Gasteiger partial charge in [0.1, 0.15) is 4.90 Å². The summed E-state index contributed by atoms with van der Waals surface area (Å²) in [7, 11) is -2.27. The highest BCUT2D eigenvalue weighted by atomic mass is 79.9. The van der Waals surface area contributed by atoms with E-state index in [9.17, 15) is 13.5 Å². The molecule has 1 unspecified atom stereocenters. The Morgan fingerprint density at radius 3 is 2.59 bits per heavy atom. The van der Waals surface area contributed by atoms with Gasteiger partial charge in [0.05, 0.1) is 17.3 Å². The van der Waals surface area contributed by atoms with Crippen LogP contribution in [0.15, 0.2) is 58.4 Å². The van der Waals surface area contributed by atoms with Crippen molar-refractivity contribution in [2.45, 2.75) is 17.2 Å². The van der Waals surface area contributed by atoms with Crippen LogP contribution in [0.1, 0.15) is 11.1 Å². The van der Waals surface area contributed by atoms with Crippen molar-refractivity contribution in [1.82, 2.24) is 4.90 Å². The number of thioether (sulfide) groups is 1. The van der Waals surface area contributed by atoms with Gasteiger partial charge in [-0.15, -0.1) is 17.0 Å². The summed E-state index contributed by atoms with van der Waals surface area (Å²) < 4.78 is 23.4. The minimum atomic E-state index is -3.99. The lowest BCUT2D eigenvalue weighted by atomic mass is 10.0. The molecule has 1 saturated heterocycles. The number of sulfonamides is 1. The van der Waals surface area contributed by atoms with Gasteiger partial charge in [-0.1, -0.05) is 59.8 Å². The first-order valence-corrected chi connectivity index (χ1v) is 10.6. The second-order valence-corrected chi connectivity index (χ2v) is 8.82. The van der Waals surface area contributed by atoms with E-state index in [2.05, 4.69) is 4.99 Å². The molecule has 0 saturated carbocycles. The third-order valence-corrected chi connectivity index (χ3v) is 6.78. The van der Waals surface area contributed by atoms with Gasteiger partial charge in [-0.3, -0.25) is 4.99 Å². The van der Waals surface area contributed by atoms with Crippen LogP contribution in [0.3, 0.4) is 0 Å². The predicted molar refractivity (Wildman–Crippen MR) is 115 cm³/mol. The molecule has 1 fully saturated rings. The van der Waals surface area contributed by atoms with Crippen LogP contribution in [-0.2, 0) is 22.3 Å². The van der Waals surface area contributed by atoms with Crippen LogP contribution < -0.4 is 5.14 Å². The summed E-state index contributed by atoms with van der Waals surface area (Å²) in [5.74, 6) is 0.308. The van der Waals surface area contributed by atoms with Crippen LogP contribution >= 0.6 is 40.3 Å². The molecule has 6 nitrogen and oxygen atoms in total. The number of nitrogens with zero attached hydrogens (tertiary/aromatic N) is 2. The average Bonchev–Trinajstić information content (AvgIpc) is 2.89. The molecular weight excluding hydrogens is 474 g/mol. The van der Waals surface area contributed by atoms with E-state index in [0.717, 1.165) is 5.56 Å². The lowest BCUT2D eigenvalue weighted by molar-refractivity contribution is -0.0350. The van der Waals surface area contributed by atoms with Gasteiger partial charge in [0.25, 0.3) is 0 Å². The van der Waals surface area contributed by atoms with Crippen LogP contribution in [0.5, 0.6) is 0 Å². The Kier molecular flexibility index (Phi) is 6.99. The standard InChI is InChI=1S/C17H18ClN3O3S2.BrH/c1-21-16(20-10-12-5-3-2-4-6-12)25-11-17(21,22)13-7-8-14(18)15(9-13)26(19,23)24;/h2-9,22H,10-11H2,1H3,(H2,19,23,24);1H. The summed E-state index contributed by atoms with van der Waals surface area (Å²) in [5, 5.41) is 17.0. The maximum Gasteiger partial charge on any atom is 0.239 e. The maximum absolute atomic E-state index is 11.7. The summed E-state index contributed by atoms with van der Waals surface area (Å²) in [6, 6.07) is 14.1. The van der Waals surface area contributed by atoms with Crippen molar-refractivity contribution in [3.05, 3.63) is 64.7 Å². The highest BCUT2D eigenvalue weighted by Crippen LogP contribution is 2.39. The number of rotatable bonds is 4. The van der Waals surface area contributed by atoms with Gasteiger partial charge in [0.2, 0.25) is 10.0 Å². The zero-order valence-electron chi connectivity index (χ0n) is 14.4. The number of aliphatic hydroxyl groups is 1. The topological polar surface area (TPSA) is 96.0 Å². The Bertz CT molecular complexity index is 957. The molecule has 0 aromatic heterocycles. The van der Waals surface area contributed by atoms with E-state index in [1.165, 1.54) is 23.9 Å².